The van der Waals surface area contributed by atoms with Gasteiger partial charge in [0.05, 0.1) is 21.1 Å². The molecule has 0 radical (unpaired) electrons. The number of nitrogens with zero attached hydrogens (tertiary/aromatic N) is 3. The van der Waals surface area contributed by atoms with E-state index in [1.54, 1.807) is 13.0 Å². The number of hydrogen-bond acceptors (Lipinski definition) is 5. The van der Waals surface area contributed by atoms with Crippen molar-refractivity contribution in [2.45, 2.75) is 20.8 Å². The third kappa shape index (κ3) is 4.18. The number of carboxylic acids is 1. The number of rotatable bonds is 5. The lowest BCUT2D eigenvalue weighted by Crippen LogP contribution is -2.14. The number of phenolic OH excluding ortho intramolecular Hbond substituents is 1. The minimum absolute atomic E-state index is 0.0528. The molecule has 0 saturated carbocycles. The molecule has 1 heterocycles. The van der Waals surface area contributed by atoms with Crippen LogP contribution in [0.15, 0.2) is 75.6 Å². The molecular formula is C25H22N4O4. The first-order valence-electron chi connectivity index (χ1n) is 11.5. The summed E-state index contributed by atoms with van der Waals surface area (Å²) < 4.78 is 25.9. The minimum atomic E-state index is -1.20. The van der Waals surface area contributed by atoms with E-state index < -0.39 is 41.1 Å². The average Bonchev–Trinajstić information content (AvgIpc) is 3.13. The normalized spacial score (nSPS) is 12.5. The standard InChI is InChI=1S/C25H22N4O4/c1-14-10-11-19(12-15(14)2)29-24(31)22(16(3)28-29)27-26-21-9-5-8-20(23(21)30)17-6-4-7-18(13-17)25(32)33/h4-13,28,30H,1-3H3,(H,32,33)/i5D,8D,9D. The molecule has 1 aromatic heterocycles. The quantitative estimate of drug-likeness (QED) is 0.347. The molecule has 33 heavy (non-hydrogen) atoms. The summed E-state index contributed by atoms with van der Waals surface area (Å²) in [6, 6.07) is 9.48. The van der Waals surface area contributed by atoms with Crippen LogP contribution in [0.4, 0.5) is 11.4 Å². The summed E-state index contributed by atoms with van der Waals surface area (Å²) in [5, 5.41) is 31.0. The Kier molecular flexibility index (Phi) is 4.72. The molecule has 3 aromatic carbocycles. The molecule has 0 bridgehead atoms. The smallest absolute Gasteiger partial charge is 0.335 e. The van der Waals surface area contributed by atoms with Crippen LogP contribution in [-0.2, 0) is 0 Å². The molecule has 8 heteroatoms. The van der Waals surface area contributed by atoms with E-state index >= 15 is 0 Å². The number of aryl methyl sites for hydroxylation is 3. The zero-order valence-corrected chi connectivity index (χ0v) is 18.1. The van der Waals surface area contributed by atoms with Gasteiger partial charge in [0.1, 0.15) is 5.69 Å². The number of phenols is 1. The van der Waals surface area contributed by atoms with Gasteiger partial charge < -0.3 is 10.2 Å². The van der Waals surface area contributed by atoms with Crippen LogP contribution in [0.5, 0.6) is 5.75 Å². The number of carboxylic acid groups (broad SMARTS) is 1. The molecule has 8 nitrogen and oxygen atoms in total. The zero-order chi connectivity index (χ0) is 26.3. The first kappa shape index (κ1) is 18.1. The van der Waals surface area contributed by atoms with Gasteiger partial charge in [0.25, 0.3) is 5.56 Å². The molecular weight excluding hydrogens is 420 g/mol. The Hall–Kier alpha value is -4.46. The van der Waals surface area contributed by atoms with Crippen molar-refractivity contribution in [3.05, 3.63) is 93.3 Å². The molecule has 0 amide bonds. The van der Waals surface area contributed by atoms with Crippen molar-refractivity contribution in [3.63, 3.8) is 0 Å². The number of H-pyrrole nitrogens is 1. The fourth-order valence-electron chi connectivity index (χ4n) is 3.28. The summed E-state index contributed by atoms with van der Waals surface area (Å²) >= 11 is 0. The van der Waals surface area contributed by atoms with Crippen molar-refractivity contribution in [1.29, 1.82) is 0 Å². The summed E-state index contributed by atoms with van der Waals surface area (Å²) in [6.45, 7) is 5.51. The second-order valence-corrected chi connectivity index (χ2v) is 7.53. The number of aromatic nitrogens is 2. The number of benzene rings is 3. The Morgan fingerprint density at radius 1 is 1.06 bits per heavy atom. The van der Waals surface area contributed by atoms with E-state index in [0.717, 1.165) is 11.1 Å². The number of azo groups is 1. The lowest BCUT2D eigenvalue weighted by molar-refractivity contribution is 0.0697. The van der Waals surface area contributed by atoms with Gasteiger partial charge in [-0.2, -0.15) is 0 Å². The molecule has 0 saturated heterocycles. The van der Waals surface area contributed by atoms with Gasteiger partial charge in [-0.25, -0.2) is 9.48 Å². The van der Waals surface area contributed by atoms with Gasteiger partial charge in [-0.15, -0.1) is 10.2 Å². The predicted octanol–water partition coefficient (Wildman–Crippen LogP) is 5.58. The van der Waals surface area contributed by atoms with Gasteiger partial charge in [0, 0.05) is 5.56 Å². The number of nitrogens with one attached hydrogen (secondary N) is 1. The predicted molar refractivity (Wildman–Crippen MR) is 125 cm³/mol. The third-order valence-corrected chi connectivity index (χ3v) is 5.27. The lowest BCUT2D eigenvalue weighted by atomic mass is 10.0. The second-order valence-electron chi connectivity index (χ2n) is 7.53. The SMILES string of the molecule is [2H]c1c([2H])c(N=Nc2c(C)[nH]n(-c3ccc(C)c(C)c3)c2=O)c(O)c(-c2cccc(C(=O)O)c2)c1[2H]. The Bertz CT molecular complexity index is 1620. The van der Waals surface area contributed by atoms with E-state index in [4.69, 9.17) is 4.11 Å². The maximum atomic E-state index is 13.0. The minimum Gasteiger partial charge on any atom is -0.505 e. The highest BCUT2D eigenvalue weighted by Crippen LogP contribution is 2.38. The van der Waals surface area contributed by atoms with Crippen molar-refractivity contribution in [1.82, 2.24) is 9.78 Å². The third-order valence-electron chi connectivity index (χ3n) is 5.27. The fourth-order valence-corrected chi connectivity index (χ4v) is 3.28. The fraction of sp³-hybridized carbons (Fsp3) is 0.120. The maximum absolute atomic E-state index is 13.0. The van der Waals surface area contributed by atoms with E-state index in [0.29, 0.717) is 11.4 Å². The molecule has 4 rings (SSSR count). The van der Waals surface area contributed by atoms with E-state index in [2.05, 4.69) is 15.3 Å². The molecule has 0 aliphatic rings. The van der Waals surface area contributed by atoms with Crippen LogP contribution in [0.25, 0.3) is 16.8 Å². The highest BCUT2D eigenvalue weighted by molar-refractivity contribution is 5.90. The first-order valence-corrected chi connectivity index (χ1v) is 9.98. The Labute approximate surface area is 193 Å². The Morgan fingerprint density at radius 3 is 2.58 bits per heavy atom. The average molecular weight is 445 g/mol. The number of aromatic carboxylic acids is 1. The molecule has 0 aliphatic carbocycles. The van der Waals surface area contributed by atoms with E-state index in [9.17, 15) is 19.8 Å². The molecule has 0 unspecified atom stereocenters. The zero-order valence-electron chi connectivity index (χ0n) is 21.1. The van der Waals surface area contributed by atoms with Crippen molar-refractivity contribution in [2.24, 2.45) is 10.2 Å². The highest BCUT2D eigenvalue weighted by Gasteiger charge is 2.14. The monoisotopic (exact) mass is 445 g/mol. The van der Waals surface area contributed by atoms with Gasteiger partial charge >= 0.3 is 5.97 Å². The van der Waals surface area contributed by atoms with Crippen LogP contribution in [-0.4, -0.2) is 26.0 Å². The maximum Gasteiger partial charge on any atom is 0.335 e. The van der Waals surface area contributed by atoms with Gasteiger partial charge in [0.2, 0.25) is 0 Å². The van der Waals surface area contributed by atoms with Gasteiger partial charge in [-0.05, 0) is 67.8 Å². The summed E-state index contributed by atoms with van der Waals surface area (Å²) in [5.41, 5.74) is 2.03. The molecule has 0 atom stereocenters. The van der Waals surface area contributed by atoms with Crippen LogP contribution in [0, 0.1) is 20.8 Å². The summed E-state index contributed by atoms with van der Waals surface area (Å²) in [6.07, 6.45) is 0. The van der Waals surface area contributed by atoms with Crippen molar-refractivity contribution in [3.8, 4) is 22.6 Å². The molecule has 4 aromatic rings. The highest BCUT2D eigenvalue weighted by atomic mass is 16.4. The Balaban J connectivity index is 1.83. The van der Waals surface area contributed by atoms with Gasteiger partial charge in [-0.3, -0.25) is 9.89 Å². The molecule has 0 aliphatic heterocycles. The van der Waals surface area contributed by atoms with Crippen molar-refractivity contribution < 1.29 is 19.1 Å². The van der Waals surface area contributed by atoms with Crippen LogP contribution < -0.4 is 5.56 Å². The van der Waals surface area contributed by atoms with Gasteiger partial charge in [0.15, 0.2) is 11.4 Å². The molecule has 0 fully saturated rings. The summed E-state index contributed by atoms with van der Waals surface area (Å²) in [7, 11) is 0. The number of aromatic amines is 1. The molecule has 0 spiro atoms. The van der Waals surface area contributed by atoms with E-state index in [1.165, 1.54) is 28.9 Å². The second kappa shape index (κ2) is 8.58. The summed E-state index contributed by atoms with van der Waals surface area (Å²) in [4.78, 5) is 24.4. The number of aromatic hydroxyl groups is 1. The topological polar surface area (TPSA) is 120 Å². The van der Waals surface area contributed by atoms with Gasteiger partial charge in [-0.1, -0.05) is 30.3 Å². The Morgan fingerprint density at radius 2 is 1.85 bits per heavy atom. The number of hydrogen-bond donors (Lipinski definition) is 3. The van der Waals surface area contributed by atoms with E-state index in [-0.39, 0.29) is 22.4 Å². The molecule has 166 valence electrons. The number of carbonyl (C=O) groups is 1. The van der Waals surface area contributed by atoms with Crippen molar-refractivity contribution in [2.75, 3.05) is 0 Å². The van der Waals surface area contributed by atoms with Crippen LogP contribution >= 0.6 is 0 Å². The number of para-hydroxylation sites is 1. The first-order chi connectivity index (χ1) is 17.0. The largest absolute Gasteiger partial charge is 0.505 e. The van der Waals surface area contributed by atoms with Crippen LogP contribution in [0.1, 0.15) is 31.3 Å². The van der Waals surface area contributed by atoms with Crippen LogP contribution in [0.3, 0.4) is 0 Å². The van der Waals surface area contributed by atoms with E-state index in [1.807, 2.05) is 26.0 Å². The lowest BCUT2D eigenvalue weighted by Gasteiger charge is -2.07. The van der Waals surface area contributed by atoms with Crippen LogP contribution in [0.2, 0.25) is 0 Å². The molecule has 3 N–H and O–H groups in total. The summed E-state index contributed by atoms with van der Waals surface area (Å²) in [5.74, 6) is -1.82. The van der Waals surface area contributed by atoms with Crippen molar-refractivity contribution >= 4 is 17.3 Å².